The second-order valence-corrected chi connectivity index (χ2v) is 10.1. The van der Waals surface area contributed by atoms with Crippen LogP contribution >= 0.6 is 11.8 Å². The van der Waals surface area contributed by atoms with E-state index in [1.54, 1.807) is 6.08 Å². The van der Waals surface area contributed by atoms with Crippen LogP contribution < -0.4 is 10.6 Å². The van der Waals surface area contributed by atoms with Gasteiger partial charge in [-0.3, -0.25) is 19.8 Å². The van der Waals surface area contributed by atoms with Crippen molar-refractivity contribution in [3.63, 3.8) is 0 Å². The summed E-state index contributed by atoms with van der Waals surface area (Å²) in [6.45, 7) is 18.5. The highest BCUT2D eigenvalue weighted by Gasteiger charge is 2.22. The molecule has 0 spiro atoms. The van der Waals surface area contributed by atoms with Crippen molar-refractivity contribution in [2.45, 2.75) is 27.2 Å². The zero-order valence-corrected chi connectivity index (χ0v) is 24.1. The Morgan fingerprint density at radius 1 is 1.08 bits per heavy atom. The number of nitrogens with one attached hydrogen (secondary N) is 2. The largest absolute Gasteiger partial charge is 0.328 e. The molecule has 2 aliphatic heterocycles. The first kappa shape index (κ1) is 30.8. The van der Waals surface area contributed by atoms with Crippen LogP contribution in [0.3, 0.4) is 0 Å². The molecule has 37 heavy (non-hydrogen) atoms. The summed E-state index contributed by atoms with van der Waals surface area (Å²) in [6.07, 6.45) is 21.6. The molecule has 1 saturated heterocycles. The number of allylic oxidation sites excluding steroid dienone is 10. The van der Waals surface area contributed by atoms with E-state index in [2.05, 4.69) is 83.4 Å². The molecule has 6 nitrogen and oxygen atoms in total. The van der Waals surface area contributed by atoms with Crippen LogP contribution in [0.1, 0.15) is 27.2 Å². The maximum Gasteiger partial charge on any atom is 0.131 e. The van der Waals surface area contributed by atoms with Crippen LogP contribution in [0.4, 0.5) is 0 Å². The Morgan fingerprint density at radius 2 is 1.86 bits per heavy atom. The summed E-state index contributed by atoms with van der Waals surface area (Å²) in [4.78, 5) is 17.4. The fourth-order valence-corrected chi connectivity index (χ4v) is 4.83. The molecule has 0 radical (unpaired) electrons. The van der Waals surface area contributed by atoms with Crippen LogP contribution in [-0.4, -0.2) is 87.4 Å². The third-order valence-corrected chi connectivity index (χ3v) is 7.28. The van der Waals surface area contributed by atoms with Gasteiger partial charge in [-0.05, 0) is 51.8 Å². The van der Waals surface area contributed by atoms with E-state index in [-0.39, 0.29) is 0 Å². The molecule has 0 atom stereocenters. The van der Waals surface area contributed by atoms with Gasteiger partial charge in [0.2, 0.25) is 0 Å². The molecule has 0 amide bonds. The summed E-state index contributed by atoms with van der Waals surface area (Å²) in [5, 5.41) is 6.71. The number of hydrogen-bond acceptors (Lipinski definition) is 6. The predicted octanol–water partition coefficient (Wildman–Crippen LogP) is 4.96. The molecule has 2 N–H and O–H groups in total. The molecule has 0 aromatic carbocycles. The zero-order chi connectivity index (χ0) is 26.7. The number of nitrogens with zero attached hydrogens (tertiary/aromatic N) is 4. The Kier molecular flexibility index (Phi) is 15.6. The van der Waals surface area contributed by atoms with Gasteiger partial charge in [0.15, 0.2) is 0 Å². The molecule has 202 valence electrons. The lowest BCUT2D eigenvalue weighted by Crippen LogP contribution is -2.51. The predicted molar refractivity (Wildman–Crippen MR) is 166 cm³/mol. The molecule has 0 aromatic heterocycles. The summed E-state index contributed by atoms with van der Waals surface area (Å²) >= 11 is 1.86. The van der Waals surface area contributed by atoms with Crippen LogP contribution in [0.2, 0.25) is 0 Å². The minimum atomic E-state index is 0.659. The van der Waals surface area contributed by atoms with Gasteiger partial charge in [0.1, 0.15) is 11.7 Å². The highest BCUT2D eigenvalue weighted by molar-refractivity contribution is 8.06. The molecule has 0 aromatic rings. The first-order valence-electron chi connectivity index (χ1n) is 13.3. The van der Waals surface area contributed by atoms with Crippen molar-refractivity contribution in [3.05, 3.63) is 82.7 Å². The first-order valence-corrected chi connectivity index (χ1v) is 14.2. The monoisotopic (exact) mass is 522 g/mol. The van der Waals surface area contributed by atoms with Gasteiger partial charge in [-0.25, -0.2) is 0 Å². The van der Waals surface area contributed by atoms with E-state index in [0.717, 1.165) is 76.0 Å². The van der Waals surface area contributed by atoms with E-state index >= 15 is 0 Å². The Labute approximate surface area is 229 Å². The molecule has 0 unspecified atom stereocenters. The Hall–Kier alpha value is -2.45. The average molecular weight is 523 g/mol. The SMILES string of the molecule is C=C/C=C\C=C1/CN=C(CN2CCN(C/C(=C\C)SC(/C=C\C=C/C)=C\C)CC2)NC1=NCCCNC. The molecule has 0 saturated carbocycles. The maximum atomic E-state index is 4.84. The van der Waals surface area contributed by atoms with Gasteiger partial charge in [-0.2, -0.15) is 0 Å². The summed E-state index contributed by atoms with van der Waals surface area (Å²) in [7, 11) is 1.98. The Balaban J connectivity index is 1.89. The smallest absolute Gasteiger partial charge is 0.131 e. The third kappa shape index (κ3) is 12.1. The van der Waals surface area contributed by atoms with Gasteiger partial charge >= 0.3 is 0 Å². The first-order chi connectivity index (χ1) is 18.1. The van der Waals surface area contributed by atoms with E-state index in [4.69, 9.17) is 9.98 Å². The Morgan fingerprint density at radius 3 is 2.54 bits per heavy atom. The van der Waals surface area contributed by atoms with Crippen LogP contribution in [0.25, 0.3) is 0 Å². The molecular formula is C30H46N6S. The summed E-state index contributed by atoms with van der Waals surface area (Å²) < 4.78 is 0. The van der Waals surface area contributed by atoms with Gasteiger partial charge in [0, 0.05) is 49.7 Å². The second kappa shape index (κ2) is 18.7. The van der Waals surface area contributed by atoms with E-state index < -0.39 is 0 Å². The summed E-state index contributed by atoms with van der Waals surface area (Å²) in [5.41, 5.74) is 1.12. The van der Waals surface area contributed by atoms with Gasteiger partial charge in [-0.1, -0.05) is 73.0 Å². The lowest BCUT2D eigenvalue weighted by molar-refractivity contribution is 0.156. The molecular weight excluding hydrogens is 476 g/mol. The number of amidine groups is 2. The van der Waals surface area contributed by atoms with Crippen molar-refractivity contribution in [2.75, 3.05) is 66.0 Å². The molecule has 2 rings (SSSR count). The molecule has 1 fully saturated rings. The lowest BCUT2D eigenvalue weighted by atomic mass is 10.1. The quantitative estimate of drug-likeness (QED) is 0.250. The molecule has 2 aliphatic rings. The van der Waals surface area contributed by atoms with Crippen molar-refractivity contribution in [2.24, 2.45) is 9.98 Å². The van der Waals surface area contributed by atoms with Crippen LogP contribution in [-0.2, 0) is 0 Å². The Bertz CT molecular complexity index is 943. The number of hydrogen-bond donors (Lipinski definition) is 2. The van der Waals surface area contributed by atoms with E-state index in [0.29, 0.717) is 6.54 Å². The van der Waals surface area contributed by atoms with Crippen LogP contribution in [0, 0.1) is 0 Å². The maximum absolute atomic E-state index is 4.84. The van der Waals surface area contributed by atoms with Crippen LogP contribution in [0.5, 0.6) is 0 Å². The van der Waals surface area contributed by atoms with E-state index in [1.165, 1.54) is 9.81 Å². The average Bonchev–Trinajstić information content (AvgIpc) is 2.92. The number of piperazine rings is 1. The lowest BCUT2D eigenvalue weighted by Gasteiger charge is -2.35. The molecule has 7 heteroatoms. The molecule has 0 aliphatic carbocycles. The van der Waals surface area contributed by atoms with Crippen molar-refractivity contribution in [3.8, 4) is 0 Å². The van der Waals surface area contributed by atoms with Crippen LogP contribution in [0.15, 0.2) is 92.7 Å². The fourth-order valence-electron chi connectivity index (χ4n) is 3.89. The van der Waals surface area contributed by atoms with Gasteiger partial charge in [0.25, 0.3) is 0 Å². The number of thioether (sulfide) groups is 1. The highest BCUT2D eigenvalue weighted by Crippen LogP contribution is 2.27. The third-order valence-electron chi connectivity index (χ3n) is 6.04. The minimum Gasteiger partial charge on any atom is -0.328 e. The number of rotatable bonds is 14. The summed E-state index contributed by atoms with van der Waals surface area (Å²) in [6, 6.07) is 0. The molecule has 0 bridgehead atoms. The summed E-state index contributed by atoms with van der Waals surface area (Å²) in [5.74, 6) is 1.97. The van der Waals surface area contributed by atoms with Crippen molar-refractivity contribution >= 4 is 23.4 Å². The van der Waals surface area contributed by atoms with Crippen molar-refractivity contribution < 1.29 is 0 Å². The molecule has 2 heterocycles. The van der Waals surface area contributed by atoms with Gasteiger partial charge < -0.3 is 10.6 Å². The topological polar surface area (TPSA) is 55.3 Å². The zero-order valence-electron chi connectivity index (χ0n) is 23.2. The fraction of sp³-hybridized carbons (Fsp3) is 0.467. The van der Waals surface area contributed by atoms with Gasteiger partial charge in [0.05, 0.1) is 13.1 Å². The minimum absolute atomic E-state index is 0.659. The van der Waals surface area contributed by atoms with Crippen molar-refractivity contribution in [1.82, 2.24) is 20.4 Å². The van der Waals surface area contributed by atoms with E-state index in [9.17, 15) is 0 Å². The number of aliphatic imine (C=N–C) groups is 2. The van der Waals surface area contributed by atoms with Gasteiger partial charge in [-0.15, -0.1) is 0 Å². The standard InChI is InChI=1S/C30H46N6S/c1-6-10-12-15-26-23-33-29(34-30(26)32-18-14-17-31-5)25-36-21-19-35(20-22-36)24-28(9-4)37-27(8-3)16-13-11-7-2/h6-13,15-16,31H,1,14,17-25H2,2-5H3,(H,32,33,34)/b11-7-,12-10-,16-13-,26-15+,27-8-,28-9+. The highest BCUT2D eigenvalue weighted by atomic mass is 32.2. The van der Waals surface area contributed by atoms with E-state index in [1.807, 2.05) is 37.9 Å². The normalized spacial score (nSPS) is 21.0. The van der Waals surface area contributed by atoms with Crippen molar-refractivity contribution in [1.29, 1.82) is 0 Å². The second-order valence-electron chi connectivity index (χ2n) is 8.87.